The molecule has 5 nitrogen and oxygen atoms in total. The largest absolute Gasteiger partial charge is 0.465 e. The van der Waals surface area contributed by atoms with E-state index in [1.165, 1.54) is 4.90 Å². The van der Waals surface area contributed by atoms with Crippen LogP contribution in [0.1, 0.15) is 36.7 Å². The van der Waals surface area contributed by atoms with E-state index in [2.05, 4.69) is 0 Å². The van der Waals surface area contributed by atoms with E-state index in [-0.39, 0.29) is 18.5 Å². The van der Waals surface area contributed by atoms with Crippen molar-refractivity contribution in [2.75, 3.05) is 20.3 Å². The van der Waals surface area contributed by atoms with E-state index < -0.39 is 5.97 Å². The summed E-state index contributed by atoms with van der Waals surface area (Å²) in [6, 6.07) is 7.15. The lowest BCUT2D eigenvalue weighted by molar-refractivity contribution is -0.144. The van der Waals surface area contributed by atoms with Crippen LogP contribution in [0, 0.1) is 0 Å². The molecule has 1 rings (SSSR count). The predicted octanol–water partition coefficient (Wildman–Crippen LogP) is 2.25. The summed E-state index contributed by atoms with van der Waals surface area (Å²) in [5, 5.41) is 0. The van der Waals surface area contributed by atoms with Crippen LogP contribution in [-0.4, -0.2) is 43.1 Å². The van der Waals surface area contributed by atoms with E-state index >= 15 is 0 Å². The van der Waals surface area contributed by atoms with Crippen LogP contribution in [0.4, 0.5) is 0 Å². The first kappa shape index (κ1) is 17.2. The third-order valence-electron chi connectivity index (χ3n) is 3.04. The zero-order valence-electron chi connectivity index (χ0n) is 13.1. The maximum absolute atomic E-state index is 12.7. The van der Waals surface area contributed by atoms with Gasteiger partial charge >= 0.3 is 5.97 Å². The maximum Gasteiger partial charge on any atom is 0.325 e. The molecule has 5 heteroatoms. The third-order valence-corrected chi connectivity index (χ3v) is 3.04. The molecule has 0 spiro atoms. The van der Waals surface area contributed by atoms with Gasteiger partial charge in [0.25, 0.3) is 5.91 Å². The van der Waals surface area contributed by atoms with E-state index in [0.29, 0.717) is 18.8 Å². The Hall–Kier alpha value is -1.88. The van der Waals surface area contributed by atoms with E-state index in [1.807, 2.05) is 26.0 Å². The van der Waals surface area contributed by atoms with Crippen LogP contribution >= 0.6 is 0 Å². The summed E-state index contributed by atoms with van der Waals surface area (Å²) < 4.78 is 10.0. The van der Waals surface area contributed by atoms with Gasteiger partial charge in [0.1, 0.15) is 6.54 Å². The molecule has 0 saturated carbocycles. The summed E-state index contributed by atoms with van der Waals surface area (Å²) in [6.45, 7) is 6.09. The van der Waals surface area contributed by atoms with Crippen LogP contribution in [0.2, 0.25) is 0 Å². The Morgan fingerprint density at radius 1 is 1.24 bits per heavy atom. The third kappa shape index (κ3) is 4.86. The van der Waals surface area contributed by atoms with Gasteiger partial charge in [-0.2, -0.15) is 0 Å². The van der Waals surface area contributed by atoms with Gasteiger partial charge in [-0.05, 0) is 32.4 Å². The molecule has 0 radical (unpaired) electrons. The number of rotatable bonds is 7. The number of benzene rings is 1. The van der Waals surface area contributed by atoms with Crippen molar-refractivity contribution in [1.82, 2.24) is 4.90 Å². The maximum atomic E-state index is 12.7. The first-order valence-corrected chi connectivity index (χ1v) is 7.04. The van der Waals surface area contributed by atoms with Crippen molar-refractivity contribution >= 4 is 11.9 Å². The van der Waals surface area contributed by atoms with Crippen molar-refractivity contribution in [3.63, 3.8) is 0 Å². The van der Waals surface area contributed by atoms with Gasteiger partial charge in [-0.15, -0.1) is 0 Å². The highest BCUT2D eigenvalue weighted by atomic mass is 16.5. The van der Waals surface area contributed by atoms with Crippen LogP contribution in [0.15, 0.2) is 24.3 Å². The highest BCUT2D eigenvalue weighted by Gasteiger charge is 2.23. The van der Waals surface area contributed by atoms with Crippen LogP contribution in [-0.2, 0) is 20.9 Å². The molecule has 0 unspecified atom stereocenters. The highest BCUT2D eigenvalue weighted by Crippen LogP contribution is 2.15. The Bertz CT molecular complexity index is 485. The summed E-state index contributed by atoms with van der Waals surface area (Å²) in [4.78, 5) is 25.9. The molecule has 1 aromatic carbocycles. The Balaban J connectivity index is 2.98. The number of amides is 1. The van der Waals surface area contributed by atoms with Crippen LogP contribution in [0.3, 0.4) is 0 Å². The summed E-state index contributed by atoms with van der Waals surface area (Å²) in [5.74, 6) is -0.588. The molecule has 21 heavy (non-hydrogen) atoms. The molecule has 0 aliphatic carbocycles. The lowest BCUT2D eigenvalue weighted by Gasteiger charge is -2.26. The second kappa shape index (κ2) is 8.42. The minimum atomic E-state index is -0.399. The molecule has 0 aliphatic heterocycles. The van der Waals surface area contributed by atoms with Crippen molar-refractivity contribution in [3.8, 4) is 0 Å². The molecule has 0 heterocycles. The summed E-state index contributed by atoms with van der Waals surface area (Å²) in [5.41, 5.74) is 1.36. The lowest BCUT2D eigenvalue weighted by Crippen LogP contribution is -2.41. The molecule has 1 amide bonds. The monoisotopic (exact) mass is 293 g/mol. The first-order valence-electron chi connectivity index (χ1n) is 7.04. The number of esters is 1. The minimum Gasteiger partial charge on any atom is -0.465 e. The Morgan fingerprint density at radius 2 is 1.90 bits per heavy atom. The second-order valence-corrected chi connectivity index (χ2v) is 4.92. The van der Waals surface area contributed by atoms with Crippen molar-refractivity contribution < 1.29 is 19.1 Å². The average molecular weight is 293 g/mol. The summed E-state index contributed by atoms with van der Waals surface area (Å²) >= 11 is 0. The fourth-order valence-corrected chi connectivity index (χ4v) is 2.00. The molecular weight excluding hydrogens is 270 g/mol. The molecule has 0 saturated heterocycles. The number of hydrogen-bond donors (Lipinski definition) is 0. The predicted molar refractivity (Wildman–Crippen MR) is 80.0 cm³/mol. The van der Waals surface area contributed by atoms with Gasteiger partial charge in [-0.25, -0.2) is 0 Å². The summed E-state index contributed by atoms with van der Waals surface area (Å²) in [6.07, 6.45) is 0. The molecule has 0 aliphatic rings. The van der Waals surface area contributed by atoms with Gasteiger partial charge in [0.05, 0.1) is 13.2 Å². The van der Waals surface area contributed by atoms with Gasteiger partial charge in [-0.1, -0.05) is 18.2 Å². The fraction of sp³-hybridized carbons (Fsp3) is 0.500. The van der Waals surface area contributed by atoms with Crippen molar-refractivity contribution in [3.05, 3.63) is 35.4 Å². The van der Waals surface area contributed by atoms with Crippen molar-refractivity contribution in [2.24, 2.45) is 0 Å². The molecule has 0 aromatic heterocycles. The van der Waals surface area contributed by atoms with Gasteiger partial charge in [0.2, 0.25) is 0 Å². The topological polar surface area (TPSA) is 55.8 Å². The van der Waals surface area contributed by atoms with E-state index in [1.54, 1.807) is 26.2 Å². The van der Waals surface area contributed by atoms with E-state index in [4.69, 9.17) is 9.47 Å². The molecule has 116 valence electrons. The average Bonchev–Trinajstić information content (AvgIpc) is 2.45. The minimum absolute atomic E-state index is 0.0499. The lowest BCUT2D eigenvalue weighted by atomic mass is 10.1. The number of hydrogen-bond acceptors (Lipinski definition) is 4. The van der Waals surface area contributed by atoms with Crippen LogP contribution < -0.4 is 0 Å². The molecule has 0 bridgehead atoms. The quantitative estimate of drug-likeness (QED) is 0.724. The Labute approximate surface area is 125 Å². The van der Waals surface area contributed by atoms with E-state index in [9.17, 15) is 9.59 Å². The number of methoxy groups -OCH3 is 1. The van der Waals surface area contributed by atoms with Gasteiger partial charge in [0, 0.05) is 18.7 Å². The molecule has 0 atom stereocenters. The molecule has 0 fully saturated rings. The molecular formula is C16H23NO4. The number of carbonyl (C=O) groups excluding carboxylic acids is 2. The van der Waals surface area contributed by atoms with E-state index in [0.717, 1.165) is 5.56 Å². The smallest absolute Gasteiger partial charge is 0.325 e. The van der Waals surface area contributed by atoms with Gasteiger partial charge in [-0.3, -0.25) is 9.59 Å². The highest BCUT2D eigenvalue weighted by molar-refractivity contribution is 5.97. The summed E-state index contributed by atoms with van der Waals surface area (Å²) in [7, 11) is 1.58. The standard InChI is InChI=1S/C16H23NO4/c1-5-21-15(18)10-17(12(2)3)16(19)14-9-7-6-8-13(14)11-20-4/h6-9,12H,5,10-11H2,1-4H3. The number of nitrogens with zero attached hydrogens (tertiary/aromatic N) is 1. The van der Waals surface area contributed by atoms with Gasteiger partial charge in [0.15, 0.2) is 0 Å². The zero-order chi connectivity index (χ0) is 15.8. The fourth-order valence-electron chi connectivity index (χ4n) is 2.00. The van der Waals surface area contributed by atoms with Crippen LogP contribution in [0.5, 0.6) is 0 Å². The van der Waals surface area contributed by atoms with Crippen molar-refractivity contribution in [1.29, 1.82) is 0 Å². The Kier molecular flexibility index (Phi) is 6.88. The van der Waals surface area contributed by atoms with Crippen LogP contribution in [0.25, 0.3) is 0 Å². The molecule has 0 N–H and O–H groups in total. The van der Waals surface area contributed by atoms with Crippen molar-refractivity contribution in [2.45, 2.75) is 33.4 Å². The Morgan fingerprint density at radius 3 is 2.48 bits per heavy atom. The molecule has 1 aromatic rings. The number of ether oxygens (including phenoxy) is 2. The number of carbonyl (C=O) groups is 2. The van der Waals surface area contributed by atoms with Gasteiger partial charge < -0.3 is 14.4 Å². The zero-order valence-corrected chi connectivity index (χ0v) is 13.1. The normalized spacial score (nSPS) is 10.5. The SMILES string of the molecule is CCOC(=O)CN(C(=O)c1ccccc1COC)C(C)C. The first-order chi connectivity index (χ1) is 10.0. The second-order valence-electron chi connectivity index (χ2n) is 4.92.